The Labute approximate surface area is 104 Å². The molecule has 0 spiro atoms. The van der Waals surface area contributed by atoms with E-state index in [0.717, 1.165) is 6.08 Å². The molecule has 5 nitrogen and oxygen atoms in total. The molecule has 0 saturated carbocycles. The summed E-state index contributed by atoms with van der Waals surface area (Å²) in [7, 11) is 0. The smallest absolute Gasteiger partial charge is 0.330 e. The standard InChI is InChI=1S/C13H14O5/c14-9-6-7-10(15)18-13(9)12(17)11(16)8-4-2-1-3-5-8/h1-7,9,11-14,16-17H/t9-,11-,12+,13+/m0/s1. The van der Waals surface area contributed by atoms with Crippen LogP contribution < -0.4 is 0 Å². The highest BCUT2D eigenvalue weighted by Crippen LogP contribution is 2.23. The molecule has 96 valence electrons. The van der Waals surface area contributed by atoms with E-state index in [1.165, 1.54) is 6.08 Å². The van der Waals surface area contributed by atoms with E-state index in [9.17, 15) is 20.1 Å². The molecular weight excluding hydrogens is 236 g/mol. The summed E-state index contributed by atoms with van der Waals surface area (Å²) in [6, 6.07) is 8.49. The predicted octanol–water partition coefficient (Wildman–Crippen LogP) is -0.0766. The molecule has 2 rings (SSSR count). The highest BCUT2D eigenvalue weighted by molar-refractivity contribution is 5.83. The van der Waals surface area contributed by atoms with Crippen molar-refractivity contribution in [3.8, 4) is 0 Å². The minimum atomic E-state index is -1.39. The maximum atomic E-state index is 11.1. The molecule has 1 aromatic rings. The summed E-state index contributed by atoms with van der Waals surface area (Å²) < 4.78 is 4.82. The third-order valence-electron chi connectivity index (χ3n) is 2.82. The van der Waals surface area contributed by atoms with Crippen LogP contribution in [0.4, 0.5) is 0 Å². The lowest BCUT2D eigenvalue weighted by atomic mass is 9.96. The molecule has 1 aromatic carbocycles. The molecule has 4 atom stereocenters. The molecule has 0 aromatic heterocycles. The van der Waals surface area contributed by atoms with Crippen LogP contribution in [0.2, 0.25) is 0 Å². The van der Waals surface area contributed by atoms with Gasteiger partial charge in [0.15, 0.2) is 6.10 Å². The van der Waals surface area contributed by atoms with Crippen LogP contribution >= 0.6 is 0 Å². The van der Waals surface area contributed by atoms with Gasteiger partial charge in [-0.05, 0) is 11.6 Å². The number of cyclic esters (lactones) is 1. The van der Waals surface area contributed by atoms with E-state index in [-0.39, 0.29) is 0 Å². The van der Waals surface area contributed by atoms with E-state index < -0.39 is 30.4 Å². The van der Waals surface area contributed by atoms with E-state index in [2.05, 4.69) is 0 Å². The summed E-state index contributed by atoms with van der Waals surface area (Å²) in [4.78, 5) is 11.1. The van der Waals surface area contributed by atoms with E-state index in [0.29, 0.717) is 5.56 Å². The van der Waals surface area contributed by atoms with Crippen LogP contribution in [0.15, 0.2) is 42.5 Å². The van der Waals surface area contributed by atoms with Crippen LogP contribution in [-0.2, 0) is 9.53 Å². The number of carbonyl (C=O) groups excluding carboxylic acids is 1. The minimum Gasteiger partial charge on any atom is -0.453 e. The van der Waals surface area contributed by atoms with Crippen molar-refractivity contribution in [1.82, 2.24) is 0 Å². The predicted molar refractivity (Wildman–Crippen MR) is 62.4 cm³/mol. The Morgan fingerprint density at radius 3 is 2.50 bits per heavy atom. The van der Waals surface area contributed by atoms with E-state index >= 15 is 0 Å². The number of esters is 1. The maximum absolute atomic E-state index is 11.1. The first-order valence-corrected chi connectivity index (χ1v) is 5.57. The van der Waals surface area contributed by atoms with Gasteiger partial charge in [0.2, 0.25) is 0 Å². The van der Waals surface area contributed by atoms with Gasteiger partial charge in [-0.25, -0.2) is 4.79 Å². The van der Waals surface area contributed by atoms with Crippen LogP contribution in [0.25, 0.3) is 0 Å². The van der Waals surface area contributed by atoms with Crippen molar-refractivity contribution >= 4 is 5.97 Å². The minimum absolute atomic E-state index is 0.489. The Morgan fingerprint density at radius 2 is 1.83 bits per heavy atom. The largest absolute Gasteiger partial charge is 0.453 e. The van der Waals surface area contributed by atoms with Gasteiger partial charge in [-0.1, -0.05) is 30.3 Å². The van der Waals surface area contributed by atoms with Crippen molar-refractivity contribution < 1.29 is 24.9 Å². The van der Waals surface area contributed by atoms with E-state index in [1.54, 1.807) is 30.3 Å². The van der Waals surface area contributed by atoms with Gasteiger partial charge in [-0.15, -0.1) is 0 Å². The average molecular weight is 250 g/mol. The number of ether oxygens (including phenoxy) is 1. The zero-order valence-corrected chi connectivity index (χ0v) is 9.51. The summed E-state index contributed by atoms with van der Waals surface area (Å²) in [6.45, 7) is 0. The number of rotatable bonds is 3. The van der Waals surface area contributed by atoms with Crippen molar-refractivity contribution in [2.24, 2.45) is 0 Å². The summed E-state index contributed by atoms with van der Waals surface area (Å²) >= 11 is 0. The highest BCUT2D eigenvalue weighted by atomic mass is 16.6. The fraction of sp³-hybridized carbons (Fsp3) is 0.308. The molecule has 1 aliphatic heterocycles. The van der Waals surface area contributed by atoms with Gasteiger partial charge in [-0.3, -0.25) is 0 Å². The normalized spacial score (nSPS) is 26.5. The first-order chi connectivity index (χ1) is 8.59. The lowest BCUT2D eigenvalue weighted by Crippen LogP contribution is -2.45. The van der Waals surface area contributed by atoms with Gasteiger partial charge in [0, 0.05) is 6.08 Å². The zero-order valence-electron chi connectivity index (χ0n) is 9.51. The second-order valence-electron chi connectivity index (χ2n) is 4.10. The molecule has 0 aliphatic carbocycles. The van der Waals surface area contributed by atoms with Crippen molar-refractivity contribution in [1.29, 1.82) is 0 Å². The Kier molecular flexibility index (Phi) is 3.76. The third-order valence-corrected chi connectivity index (χ3v) is 2.82. The number of hydrogen-bond acceptors (Lipinski definition) is 5. The SMILES string of the molecule is O=C1C=C[C@H](O)[C@H]([C@H](O)[C@@H](O)c2ccccc2)O1. The number of aliphatic hydroxyl groups excluding tert-OH is 3. The van der Waals surface area contributed by atoms with Crippen molar-refractivity contribution in [2.75, 3.05) is 0 Å². The molecule has 0 unspecified atom stereocenters. The molecule has 0 saturated heterocycles. The van der Waals surface area contributed by atoms with E-state index in [4.69, 9.17) is 4.74 Å². The monoisotopic (exact) mass is 250 g/mol. The molecule has 1 heterocycles. The van der Waals surface area contributed by atoms with Gasteiger partial charge in [-0.2, -0.15) is 0 Å². The molecule has 0 radical (unpaired) electrons. The fourth-order valence-electron chi connectivity index (χ4n) is 1.83. The van der Waals surface area contributed by atoms with Gasteiger partial charge in [0.1, 0.15) is 18.3 Å². The topological polar surface area (TPSA) is 87.0 Å². The number of benzene rings is 1. The third kappa shape index (κ3) is 2.59. The first kappa shape index (κ1) is 12.8. The number of hydrogen-bond donors (Lipinski definition) is 3. The summed E-state index contributed by atoms with van der Waals surface area (Å²) in [5.74, 6) is -0.649. The van der Waals surface area contributed by atoms with Crippen LogP contribution in [0.5, 0.6) is 0 Å². The molecular formula is C13H14O5. The Morgan fingerprint density at radius 1 is 1.17 bits per heavy atom. The summed E-state index contributed by atoms with van der Waals surface area (Å²) in [5.41, 5.74) is 0.489. The lowest BCUT2D eigenvalue weighted by molar-refractivity contribution is -0.166. The van der Waals surface area contributed by atoms with Crippen LogP contribution in [-0.4, -0.2) is 39.6 Å². The molecule has 0 bridgehead atoms. The van der Waals surface area contributed by atoms with Crippen LogP contribution in [0.3, 0.4) is 0 Å². The molecule has 5 heteroatoms. The quantitative estimate of drug-likeness (QED) is 0.653. The van der Waals surface area contributed by atoms with Crippen molar-refractivity contribution in [3.05, 3.63) is 48.0 Å². The molecule has 18 heavy (non-hydrogen) atoms. The lowest BCUT2D eigenvalue weighted by Gasteiger charge is -2.30. The number of aliphatic hydroxyl groups is 3. The Bertz CT molecular complexity index is 442. The van der Waals surface area contributed by atoms with Gasteiger partial charge < -0.3 is 20.1 Å². The average Bonchev–Trinajstić information content (AvgIpc) is 2.41. The van der Waals surface area contributed by atoms with Crippen molar-refractivity contribution in [2.45, 2.75) is 24.4 Å². The second-order valence-corrected chi connectivity index (χ2v) is 4.10. The molecule has 1 aliphatic rings. The zero-order chi connectivity index (χ0) is 13.1. The Balaban J connectivity index is 2.14. The van der Waals surface area contributed by atoms with Crippen LogP contribution in [0.1, 0.15) is 11.7 Å². The number of carbonyl (C=O) groups is 1. The fourth-order valence-corrected chi connectivity index (χ4v) is 1.83. The summed E-state index contributed by atoms with van der Waals surface area (Å²) in [6.07, 6.45) is -2.60. The molecule has 0 amide bonds. The van der Waals surface area contributed by atoms with E-state index in [1.807, 2.05) is 0 Å². The summed E-state index contributed by atoms with van der Waals surface area (Å²) in [5, 5.41) is 29.5. The molecule has 3 N–H and O–H groups in total. The second kappa shape index (κ2) is 5.30. The van der Waals surface area contributed by atoms with Crippen molar-refractivity contribution in [3.63, 3.8) is 0 Å². The van der Waals surface area contributed by atoms with Gasteiger partial charge in [0.25, 0.3) is 0 Å². The van der Waals surface area contributed by atoms with Crippen LogP contribution in [0, 0.1) is 0 Å². The maximum Gasteiger partial charge on any atom is 0.330 e. The Hall–Kier alpha value is -1.69. The first-order valence-electron chi connectivity index (χ1n) is 5.57. The van der Waals surface area contributed by atoms with Gasteiger partial charge in [0.05, 0.1) is 0 Å². The van der Waals surface area contributed by atoms with Gasteiger partial charge >= 0.3 is 5.97 Å². The molecule has 0 fully saturated rings. The highest BCUT2D eigenvalue weighted by Gasteiger charge is 2.36.